The number of nitrogens with one attached hydrogen (secondary N) is 2. The lowest BCUT2D eigenvalue weighted by molar-refractivity contribution is 0.913. The van der Waals surface area contributed by atoms with Crippen LogP contribution in [-0.4, -0.2) is 17.4 Å². The Balaban J connectivity index is 2.48. The van der Waals surface area contributed by atoms with E-state index in [1.165, 1.54) is 11.3 Å². The Hall–Kier alpha value is -0.910. The van der Waals surface area contributed by atoms with Crippen LogP contribution in [0.3, 0.4) is 0 Å². The topological polar surface area (TPSA) is 36.4 Å². The molecule has 0 unspecified atom stereocenters. The van der Waals surface area contributed by atoms with Gasteiger partial charge in [-0.1, -0.05) is 23.8 Å². The molecule has 1 aromatic heterocycles. The van der Waals surface area contributed by atoms with Crippen molar-refractivity contribution < 1.29 is 0 Å². The second kappa shape index (κ2) is 6.74. The molecule has 0 aliphatic carbocycles. The molecule has 1 aromatic rings. The zero-order valence-electron chi connectivity index (χ0n) is 9.71. The molecule has 0 radical (unpaired) electrons. The molecular weight excluding hydrogens is 274 g/mol. The molecule has 3 nitrogen and oxygen atoms in total. The summed E-state index contributed by atoms with van der Waals surface area (Å²) < 4.78 is 0.748. The van der Waals surface area contributed by atoms with Gasteiger partial charge in [0.1, 0.15) is 0 Å². The summed E-state index contributed by atoms with van der Waals surface area (Å²) in [6.07, 6.45) is 0. The maximum absolute atomic E-state index is 5.85. The third kappa shape index (κ3) is 5.30. The van der Waals surface area contributed by atoms with E-state index in [0.29, 0.717) is 11.7 Å². The third-order valence-electron chi connectivity index (χ3n) is 1.81. The second-order valence-electron chi connectivity index (χ2n) is 3.55. The number of halogens is 1. The molecule has 2 N–H and O–H groups in total. The summed E-state index contributed by atoms with van der Waals surface area (Å²) in [4.78, 5) is 1.02. The number of thiophene rings is 1. The van der Waals surface area contributed by atoms with Crippen LogP contribution in [0, 0.1) is 0 Å². The normalized spacial score (nSPS) is 11.1. The summed E-state index contributed by atoms with van der Waals surface area (Å²) in [6.45, 7) is 8.25. The van der Waals surface area contributed by atoms with Crippen LogP contribution in [0.4, 0.5) is 0 Å². The highest BCUT2D eigenvalue weighted by atomic mass is 35.5. The lowest BCUT2D eigenvalue weighted by Crippen LogP contribution is -2.33. The van der Waals surface area contributed by atoms with Gasteiger partial charge < -0.3 is 5.32 Å². The highest BCUT2D eigenvalue weighted by molar-refractivity contribution is 7.80. The maximum atomic E-state index is 5.85. The zero-order chi connectivity index (χ0) is 12.8. The summed E-state index contributed by atoms with van der Waals surface area (Å²) >= 11 is 12.4. The zero-order valence-corrected chi connectivity index (χ0v) is 12.1. The van der Waals surface area contributed by atoms with Crippen LogP contribution in [0.2, 0.25) is 4.34 Å². The molecule has 0 amide bonds. The first-order chi connectivity index (χ1) is 7.99. The molecule has 92 valence electrons. The first kappa shape index (κ1) is 14.2. The van der Waals surface area contributed by atoms with E-state index in [1.54, 1.807) is 0 Å². The van der Waals surface area contributed by atoms with Crippen molar-refractivity contribution >= 4 is 46.0 Å². The molecule has 0 saturated carbocycles. The Bertz CT molecular complexity index is 451. The van der Waals surface area contributed by atoms with E-state index in [9.17, 15) is 0 Å². The first-order valence-corrected chi connectivity index (χ1v) is 6.57. The van der Waals surface area contributed by atoms with Crippen molar-refractivity contribution in [2.75, 3.05) is 6.54 Å². The van der Waals surface area contributed by atoms with Gasteiger partial charge in [0.05, 0.1) is 14.9 Å². The van der Waals surface area contributed by atoms with Crippen LogP contribution in [0.25, 0.3) is 0 Å². The maximum Gasteiger partial charge on any atom is 0.187 e. The molecule has 1 heterocycles. The van der Waals surface area contributed by atoms with E-state index in [2.05, 4.69) is 22.4 Å². The number of rotatable bonds is 4. The fourth-order valence-electron chi connectivity index (χ4n) is 0.969. The van der Waals surface area contributed by atoms with Crippen molar-refractivity contribution in [2.24, 2.45) is 5.10 Å². The minimum Gasteiger partial charge on any atom is -0.358 e. The van der Waals surface area contributed by atoms with Crippen molar-refractivity contribution in [3.05, 3.63) is 33.5 Å². The van der Waals surface area contributed by atoms with Gasteiger partial charge in [-0.05, 0) is 38.2 Å². The Morgan fingerprint density at radius 2 is 2.24 bits per heavy atom. The highest BCUT2D eigenvalue weighted by Gasteiger charge is 2.01. The van der Waals surface area contributed by atoms with E-state index in [0.717, 1.165) is 20.5 Å². The first-order valence-electron chi connectivity index (χ1n) is 4.97. The van der Waals surface area contributed by atoms with Crippen LogP contribution in [0.15, 0.2) is 29.4 Å². The number of hydrogen-bond acceptors (Lipinski definition) is 3. The summed E-state index contributed by atoms with van der Waals surface area (Å²) in [6, 6.07) is 3.77. The standard InChI is InChI=1S/C11H14ClN3S2/c1-7(2)6-13-11(16)15-14-8(3)9-4-5-10(12)17-9/h4-5H,1,6H2,2-3H3,(H2,13,15,16)/b14-8-. The van der Waals surface area contributed by atoms with Crippen molar-refractivity contribution in [1.29, 1.82) is 0 Å². The average molecular weight is 288 g/mol. The predicted molar refractivity (Wildman–Crippen MR) is 80.1 cm³/mol. The number of nitrogens with zero attached hydrogens (tertiary/aromatic N) is 1. The van der Waals surface area contributed by atoms with Crippen LogP contribution in [-0.2, 0) is 0 Å². The molecule has 0 aliphatic heterocycles. The van der Waals surface area contributed by atoms with Crippen LogP contribution >= 0.6 is 35.2 Å². The minimum atomic E-state index is 0.481. The Kier molecular flexibility index (Phi) is 5.61. The van der Waals surface area contributed by atoms with Gasteiger partial charge in [0.2, 0.25) is 0 Å². The number of hydrazone groups is 1. The second-order valence-corrected chi connectivity index (χ2v) is 5.68. The average Bonchev–Trinajstić information content (AvgIpc) is 2.70. The van der Waals surface area contributed by atoms with E-state index in [-0.39, 0.29) is 0 Å². The van der Waals surface area contributed by atoms with Gasteiger partial charge in [-0.15, -0.1) is 11.3 Å². The quantitative estimate of drug-likeness (QED) is 0.386. The third-order valence-corrected chi connectivity index (χ3v) is 3.38. The van der Waals surface area contributed by atoms with Crippen LogP contribution in [0.1, 0.15) is 18.7 Å². The smallest absolute Gasteiger partial charge is 0.187 e. The molecule has 0 atom stereocenters. The number of hydrogen-bond donors (Lipinski definition) is 2. The molecule has 0 fully saturated rings. The molecular formula is C11H14ClN3S2. The van der Waals surface area contributed by atoms with E-state index in [1.807, 2.05) is 26.0 Å². The van der Waals surface area contributed by atoms with Gasteiger partial charge in [0.25, 0.3) is 0 Å². The molecule has 6 heteroatoms. The van der Waals surface area contributed by atoms with Crippen LogP contribution in [0.5, 0.6) is 0 Å². The van der Waals surface area contributed by atoms with Gasteiger partial charge in [0, 0.05) is 6.54 Å². The minimum absolute atomic E-state index is 0.481. The molecule has 0 aromatic carbocycles. The lowest BCUT2D eigenvalue weighted by atomic mass is 10.3. The fraction of sp³-hybridized carbons (Fsp3) is 0.273. The Morgan fingerprint density at radius 3 is 2.76 bits per heavy atom. The molecule has 0 aliphatic rings. The summed E-state index contributed by atoms with van der Waals surface area (Å²) in [5.74, 6) is 0. The van der Waals surface area contributed by atoms with E-state index in [4.69, 9.17) is 23.8 Å². The summed E-state index contributed by atoms with van der Waals surface area (Å²) in [5.41, 5.74) is 4.64. The van der Waals surface area contributed by atoms with Crippen molar-refractivity contribution in [3.8, 4) is 0 Å². The van der Waals surface area contributed by atoms with Crippen molar-refractivity contribution in [2.45, 2.75) is 13.8 Å². The Labute approximate surface area is 116 Å². The molecule has 0 saturated heterocycles. The van der Waals surface area contributed by atoms with Crippen LogP contribution < -0.4 is 10.7 Å². The highest BCUT2D eigenvalue weighted by Crippen LogP contribution is 2.21. The van der Waals surface area contributed by atoms with Gasteiger partial charge in [-0.25, -0.2) is 0 Å². The summed E-state index contributed by atoms with van der Waals surface area (Å²) in [7, 11) is 0. The fourth-order valence-corrected chi connectivity index (χ4v) is 2.07. The van der Waals surface area contributed by atoms with Gasteiger partial charge in [-0.3, -0.25) is 5.43 Å². The monoisotopic (exact) mass is 287 g/mol. The molecule has 1 rings (SSSR count). The van der Waals surface area contributed by atoms with Crippen molar-refractivity contribution in [3.63, 3.8) is 0 Å². The van der Waals surface area contributed by atoms with Gasteiger partial charge in [0.15, 0.2) is 5.11 Å². The van der Waals surface area contributed by atoms with Gasteiger partial charge >= 0.3 is 0 Å². The Morgan fingerprint density at radius 1 is 1.53 bits per heavy atom. The molecule has 17 heavy (non-hydrogen) atoms. The van der Waals surface area contributed by atoms with Crippen molar-refractivity contribution in [1.82, 2.24) is 10.7 Å². The van der Waals surface area contributed by atoms with Gasteiger partial charge in [-0.2, -0.15) is 5.10 Å². The summed E-state index contributed by atoms with van der Waals surface area (Å²) in [5, 5.41) is 7.64. The SMILES string of the molecule is C=C(C)CNC(=S)N/N=C(/C)c1ccc(Cl)s1. The molecule has 0 spiro atoms. The van der Waals surface area contributed by atoms with E-state index >= 15 is 0 Å². The predicted octanol–water partition coefficient (Wildman–Crippen LogP) is 3.17. The largest absolute Gasteiger partial charge is 0.358 e. The number of thiocarbonyl (C=S) groups is 1. The lowest BCUT2D eigenvalue weighted by Gasteiger charge is -2.06. The molecule has 0 bridgehead atoms. The van der Waals surface area contributed by atoms with E-state index < -0.39 is 0 Å².